The number of aromatic nitrogens is 2. The lowest BCUT2D eigenvalue weighted by Crippen LogP contribution is -2.20. The third kappa shape index (κ3) is 5.67. The minimum absolute atomic E-state index is 0.225. The third-order valence-corrected chi connectivity index (χ3v) is 5.28. The highest BCUT2D eigenvalue weighted by molar-refractivity contribution is 6.31. The van der Waals surface area contributed by atoms with Crippen LogP contribution in [0.4, 0.5) is 0 Å². The van der Waals surface area contributed by atoms with E-state index in [4.69, 9.17) is 21.1 Å². The van der Waals surface area contributed by atoms with Crippen LogP contribution in [0.15, 0.2) is 48.5 Å². The fourth-order valence-electron chi connectivity index (χ4n) is 3.13. The highest BCUT2D eigenvalue weighted by atomic mass is 35.5. The molecule has 0 aliphatic rings. The van der Waals surface area contributed by atoms with E-state index in [0.717, 1.165) is 22.4 Å². The first kappa shape index (κ1) is 22.4. The van der Waals surface area contributed by atoms with E-state index in [1.807, 2.05) is 32.0 Å². The lowest BCUT2D eigenvalue weighted by molar-refractivity contribution is -0.116. The van der Waals surface area contributed by atoms with Gasteiger partial charge in [0.1, 0.15) is 5.15 Å². The third-order valence-electron chi connectivity index (χ3n) is 4.88. The van der Waals surface area contributed by atoms with E-state index < -0.39 is 0 Å². The molecular formula is C24H26ClN3O3. The molecule has 1 aromatic heterocycles. The lowest BCUT2D eigenvalue weighted by atomic mass is 10.1. The second kappa shape index (κ2) is 10.2. The molecule has 0 spiro atoms. The minimum atomic E-state index is -0.225. The van der Waals surface area contributed by atoms with Crippen LogP contribution in [0.25, 0.3) is 6.08 Å². The Kier molecular flexibility index (Phi) is 7.36. The SMILES string of the molecule is COc1ccc(CNC(=O)C=Cc2c(C)nn(Cc3ccc(C)cc3)c2Cl)cc1OC. The van der Waals surface area contributed by atoms with E-state index >= 15 is 0 Å². The number of halogens is 1. The molecule has 0 fully saturated rings. The second-order valence-corrected chi connectivity index (χ2v) is 7.53. The van der Waals surface area contributed by atoms with Gasteiger partial charge >= 0.3 is 0 Å². The van der Waals surface area contributed by atoms with Gasteiger partial charge in [0.05, 0.1) is 26.5 Å². The van der Waals surface area contributed by atoms with Crippen LogP contribution < -0.4 is 14.8 Å². The molecule has 7 heteroatoms. The summed E-state index contributed by atoms with van der Waals surface area (Å²) in [4.78, 5) is 12.3. The van der Waals surface area contributed by atoms with E-state index in [0.29, 0.717) is 29.7 Å². The highest BCUT2D eigenvalue weighted by Crippen LogP contribution is 2.27. The number of nitrogens with zero attached hydrogens (tertiary/aromatic N) is 2. The summed E-state index contributed by atoms with van der Waals surface area (Å²) in [5.74, 6) is 1.04. The number of ether oxygens (including phenoxy) is 2. The molecule has 0 unspecified atom stereocenters. The van der Waals surface area contributed by atoms with Crippen molar-refractivity contribution in [3.8, 4) is 11.5 Å². The zero-order valence-corrected chi connectivity index (χ0v) is 18.9. The number of carbonyl (C=O) groups is 1. The topological polar surface area (TPSA) is 65.4 Å². The van der Waals surface area contributed by atoms with Crippen LogP contribution in [0.3, 0.4) is 0 Å². The molecule has 0 saturated heterocycles. The number of aryl methyl sites for hydroxylation is 2. The number of rotatable bonds is 8. The predicted octanol–water partition coefficient (Wildman–Crippen LogP) is 4.55. The maximum absolute atomic E-state index is 12.3. The predicted molar refractivity (Wildman–Crippen MR) is 123 cm³/mol. The van der Waals surface area contributed by atoms with Gasteiger partial charge in [0.25, 0.3) is 0 Å². The molecule has 0 atom stereocenters. The Morgan fingerprint density at radius 3 is 2.42 bits per heavy atom. The van der Waals surface area contributed by atoms with Gasteiger partial charge in [-0.3, -0.25) is 4.79 Å². The molecule has 1 N–H and O–H groups in total. The van der Waals surface area contributed by atoms with E-state index in [2.05, 4.69) is 34.7 Å². The largest absolute Gasteiger partial charge is 0.493 e. The minimum Gasteiger partial charge on any atom is -0.493 e. The number of hydrogen-bond donors (Lipinski definition) is 1. The molecule has 6 nitrogen and oxygen atoms in total. The van der Waals surface area contributed by atoms with Gasteiger partial charge in [-0.1, -0.05) is 47.5 Å². The fraction of sp³-hybridized carbons (Fsp3) is 0.250. The number of carbonyl (C=O) groups excluding carboxylic acids is 1. The summed E-state index contributed by atoms with van der Waals surface area (Å²) in [6.07, 6.45) is 3.16. The number of amides is 1. The van der Waals surface area contributed by atoms with Gasteiger partial charge in [-0.25, -0.2) is 4.68 Å². The van der Waals surface area contributed by atoms with Crippen molar-refractivity contribution in [2.45, 2.75) is 26.9 Å². The Bertz CT molecular complexity index is 1090. The average Bonchev–Trinajstić information content (AvgIpc) is 3.04. The van der Waals surface area contributed by atoms with Crippen molar-refractivity contribution in [3.63, 3.8) is 0 Å². The van der Waals surface area contributed by atoms with Gasteiger partial charge in [-0.05, 0) is 43.2 Å². The van der Waals surface area contributed by atoms with Crippen molar-refractivity contribution < 1.29 is 14.3 Å². The molecule has 162 valence electrons. The number of benzene rings is 2. The Hall–Kier alpha value is -3.25. The molecule has 31 heavy (non-hydrogen) atoms. The number of methoxy groups -OCH3 is 2. The highest BCUT2D eigenvalue weighted by Gasteiger charge is 2.12. The fourth-order valence-corrected chi connectivity index (χ4v) is 3.42. The molecule has 1 amide bonds. The molecule has 3 rings (SSSR count). The molecule has 0 aliphatic carbocycles. The number of nitrogens with one attached hydrogen (secondary N) is 1. The zero-order chi connectivity index (χ0) is 22.4. The van der Waals surface area contributed by atoms with E-state index in [-0.39, 0.29) is 5.91 Å². The molecule has 1 heterocycles. The molecule has 0 bridgehead atoms. The summed E-state index contributed by atoms with van der Waals surface area (Å²) in [7, 11) is 3.16. The monoisotopic (exact) mass is 439 g/mol. The molecular weight excluding hydrogens is 414 g/mol. The van der Waals surface area contributed by atoms with Crippen molar-refractivity contribution in [3.05, 3.63) is 81.6 Å². The maximum Gasteiger partial charge on any atom is 0.244 e. The van der Waals surface area contributed by atoms with E-state index in [1.165, 1.54) is 11.6 Å². The molecule has 3 aromatic rings. The van der Waals surface area contributed by atoms with Crippen LogP contribution in [0.5, 0.6) is 11.5 Å². The lowest BCUT2D eigenvalue weighted by Gasteiger charge is -2.09. The summed E-state index contributed by atoms with van der Waals surface area (Å²) in [6.45, 7) is 4.86. The Balaban J connectivity index is 1.64. The number of hydrogen-bond acceptors (Lipinski definition) is 4. The van der Waals surface area contributed by atoms with Crippen molar-refractivity contribution >= 4 is 23.6 Å². The zero-order valence-electron chi connectivity index (χ0n) is 18.1. The van der Waals surface area contributed by atoms with Crippen LogP contribution in [-0.2, 0) is 17.9 Å². The van der Waals surface area contributed by atoms with Crippen LogP contribution in [0, 0.1) is 13.8 Å². The normalized spacial score (nSPS) is 11.0. The summed E-state index contributed by atoms with van der Waals surface area (Å²) in [5, 5.41) is 7.87. The van der Waals surface area contributed by atoms with Crippen LogP contribution in [0.2, 0.25) is 5.15 Å². The van der Waals surface area contributed by atoms with E-state index in [9.17, 15) is 4.79 Å². The van der Waals surface area contributed by atoms with Crippen molar-refractivity contribution in [1.29, 1.82) is 0 Å². The quantitative estimate of drug-likeness (QED) is 0.523. The summed E-state index contributed by atoms with van der Waals surface area (Å²) >= 11 is 6.52. The first-order chi connectivity index (χ1) is 14.9. The first-order valence-corrected chi connectivity index (χ1v) is 10.2. The molecule has 0 saturated carbocycles. The van der Waals surface area contributed by atoms with Gasteiger partial charge < -0.3 is 14.8 Å². The summed E-state index contributed by atoms with van der Waals surface area (Å²) in [6, 6.07) is 13.7. The van der Waals surface area contributed by atoms with Gasteiger partial charge in [-0.2, -0.15) is 5.10 Å². The Labute approximate surface area is 187 Å². The second-order valence-electron chi connectivity index (χ2n) is 7.17. The van der Waals surface area contributed by atoms with Crippen molar-refractivity contribution in [1.82, 2.24) is 15.1 Å². The van der Waals surface area contributed by atoms with Crippen molar-refractivity contribution in [2.75, 3.05) is 14.2 Å². The summed E-state index contributed by atoms with van der Waals surface area (Å²) < 4.78 is 12.3. The van der Waals surface area contributed by atoms with Gasteiger partial charge in [-0.15, -0.1) is 0 Å². The summed E-state index contributed by atoms with van der Waals surface area (Å²) in [5.41, 5.74) is 4.71. The van der Waals surface area contributed by atoms with E-state index in [1.54, 1.807) is 25.0 Å². The molecule has 0 aliphatic heterocycles. The molecule has 2 aromatic carbocycles. The van der Waals surface area contributed by atoms with Crippen LogP contribution in [-0.4, -0.2) is 29.9 Å². The van der Waals surface area contributed by atoms with Crippen LogP contribution >= 0.6 is 11.6 Å². The smallest absolute Gasteiger partial charge is 0.244 e. The average molecular weight is 440 g/mol. The van der Waals surface area contributed by atoms with Crippen molar-refractivity contribution in [2.24, 2.45) is 0 Å². The Morgan fingerprint density at radius 1 is 1.06 bits per heavy atom. The van der Waals surface area contributed by atoms with Crippen LogP contribution in [0.1, 0.15) is 27.9 Å². The Morgan fingerprint density at radius 2 is 1.74 bits per heavy atom. The molecule has 0 radical (unpaired) electrons. The van der Waals surface area contributed by atoms with Gasteiger partial charge in [0.15, 0.2) is 11.5 Å². The first-order valence-electron chi connectivity index (χ1n) is 9.86. The maximum atomic E-state index is 12.3. The standard InChI is InChI=1S/C24H26ClN3O3/c1-16-5-7-18(8-6-16)15-28-24(25)20(17(2)27-28)10-12-23(29)26-14-19-9-11-21(30-3)22(13-19)31-4/h5-13H,14-15H2,1-4H3,(H,26,29). The van der Waals surface area contributed by atoms with Gasteiger partial charge in [0.2, 0.25) is 5.91 Å². The van der Waals surface area contributed by atoms with Gasteiger partial charge in [0, 0.05) is 18.2 Å².